The zero-order valence-corrected chi connectivity index (χ0v) is 14.7. The number of carbonyl (C=O) groups excluding carboxylic acids is 1. The summed E-state index contributed by atoms with van der Waals surface area (Å²) >= 11 is 0. The highest BCUT2D eigenvalue weighted by atomic mass is 16.6. The molecular formula is C20H12N4O5. The normalized spacial score (nSPS) is 9.79. The molecule has 0 aliphatic rings. The van der Waals surface area contributed by atoms with Crippen molar-refractivity contribution >= 4 is 23.0 Å². The maximum absolute atomic E-state index is 12.5. The molecule has 9 nitrogen and oxygen atoms in total. The molecule has 0 atom stereocenters. The molecule has 0 aliphatic heterocycles. The van der Waals surface area contributed by atoms with Gasteiger partial charge < -0.3 is 5.32 Å². The topological polar surface area (TPSA) is 128 Å². The Morgan fingerprint density at radius 1 is 0.897 bits per heavy atom. The standard InChI is InChI=1S/C20H12N4O5/c25-20(15-11-18(23(26)27)13-19(12-15)24(28)29)22-17-6-3-4-14(10-17)7-8-16-5-1-2-9-21-16/h1-6,9-13H,(H,22,25). The number of hydrogen-bond acceptors (Lipinski definition) is 6. The molecule has 29 heavy (non-hydrogen) atoms. The average molecular weight is 388 g/mol. The van der Waals surface area contributed by atoms with Crippen LogP contribution in [0.2, 0.25) is 0 Å². The van der Waals surface area contributed by atoms with Gasteiger partial charge in [0.25, 0.3) is 17.3 Å². The predicted molar refractivity (Wildman–Crippen MR) is 104 cm³/mol. The first-order valence-electron chi connectivity index (χ1n) is 8.21. The zero-order chi connectivity index (χ0) is 20.8. The summed E-state index contributed by atoms with van der Waals surface area (Å²) in [4.78, 5) is 36.9. The molecule has 0 unspecified atom stereocenters. The molecule has 1 heterocycles. The minimum absolute atomic E-state index is 0.198. The van der Waals surface area contributed by atoms with E-state index in [2.05, 4.69) is 22.1 Å². The molecule has 2 aromatic carbocycles. The van der Waals surface area contributed by atoms with Gasteiger partial charge in [0, 0.05) is 29.6 Å². The number of amides is 1. The fourth-order valence-electron chi connectivity index (χ4n) is 2.39. The maximum atomic E-state index is 12.5. The van der Waals surface area contributed by atoms with Crippen LogP contribution in [0.4, 0.5) is 17.1 Å². The van der Waals surface area contributed by atoms with Gasteiger partial charge in [0.1, 0.15) is 5.69 Å². The Morgan fingerprint density at radius 2 is 1.62 bits per heavy atom. The van der Waals surface area contributed by atoms with Crippen LogP contribution in [0.25, 0.3) is 0 Å². The predicted octanol–water partition coefficient (Wildman–Crippen LogP) is 3.55. The van der Waals surface area contributed by atoms with Gasteiger partial charge in [0.2, 0.25) is 0 Å². The second kappa shape index (κ2) is 8.41. The third-order valence-electron chi connectivity index (χ3n) is 3.71. The summed E-state index contributed by atoms with van der Waals surface area (Å²) < 4.78 is 0. The molecule has 9 heteroatoms. The molecule has 1 N–H and O–H groups in total. The number of anilines is 1. The number of nitrogens with one attached hydrogen (secondary N) is 1. The molecule has 1 aromatic heterocycles. The SMILES string of the molecule is O=C(Nc1cccc(C#Cc2ccccn2)c1)c1cc([N+](=O)[O-])cc([N+](=O)[O-])c1. The van der Waals surface area contributed by atoms with Crippen molar-refractivity contribution in [1.29, 1.82) is 0 Å². The van der Waals surface area contributed by atoms with E-state index < -0.39 is 27.1 Å². The van der Waals surface area contributed by atoms with Crippen LogP contribution in [0.3, 0.4) is 0 Å². The first kappa shape index (κ1) is 19.2. The van der Waals surface area contributed by atoms with Gasteiger partial charge >= 0.3 is 0 Å². The monoisotopic (exact) mass is 388 g/mol. The lowest BCUT2D eigenvalue weighted by molar-refractivity contribution is -0.394. The molecule has 3 rings (SSSR count). The van der Waals surface area contributed by atoms with Crippen LogP contribution in [-0.2, 0) is 0 Å². The highest BCUT2D eigenvalue weighted by molar-refractivity contribution is 6.05. The molecule has 0 saturated heterocycles. The fourth-order valence-corrected chi connectivity index (χ4v) is 2.39. The summed E-state index contributed by atoms with van der Waals surface area (Å²) in [5.74, 6) is 5.09. The summed E-state index contributed by atoms with van der Waals surface area (Å²) in [5.41, 5.74) is 0.302. The molecule has 0 bridgehead atoms. The number of aromatic nitrogens is 1. The Hall–Kier alpha value is -4.58. The number of carbonyl (C=O) groups is 1. The van der Waals surface area contributed by atoms with E-state index in [0.717, 1.165) is 18.2 Å². The van der Waals surface area contributed by atoms with E-state index in [1.807, 2.05) is 6.07 Å². The number of benzene rings is 2. The van der Waals surface area contributed by atoms with E-state index in [4.69, 9.17) is 0 Å². The molecule has 1 amide bonds. The summed E-state index contributed by atoms with van der Waals surface area (Å²) in [6.45, 7) is 0. The summed E-state index contributed by atoms with van der Waals surface area (Å²) in [7, 11) is 0. The number of nitrogens with zero attached hydrogens (tertiary/aromatic N) is 3. The Morgan fingerprint density at radius 3 is 2.24 bits per heavy atom. The highest BCUT2D eigenvalue weighted by Crippen LogP contribution is 2.23. The third-order valence-corrected chi connectivity index (χ3v) is 3.71. The molecule has 0 fully saturated rings. The Kier molecular flexibility index (Phi) is 5.56. The van der Waals surface area contributed by atoms with E-state index in [0.29, 0.717) is 16.9 Å². The fraction of sp³-hybridized carbons (Fsp3) is 0. The van der Waals surface area contributed by atoms with Crippen LogP contribution in [0.15, 0.2) is 66.9 Å². The first-order valence-corrected chi connectivity index (χ1v) is 8.21. The van der Waals surface area contributed by atoms with Gasteiger partial charge in [0.15, 0.2) is 0 Å². The second-order valence-electron chi connectivity index (χ2n) is 5.75. The summed E-state index contributed by atoms with van der Waals surface area (Å²) in [6, 6.07) is 14.7. The zero-order valence-electron chi connectivity index (χ0n) is 14.7. The van der Waals surface area contributed by atoms with Crippen molar-refractivity contribution in [2.45, 2.75) is 0 Å². The lowest BCUT2D eigenvalue weighted by atomic mass is 10.1. The molecular weight excluding hydrogens is 376 g/mol. The van der Waals surface area contributed by atoms with Crippen molar-refractivity contribution < 1.29 is 14.6 Å². The van der Waals surface area contributed by atoms with Crippen LogP contribution in [0, 0.1) is 32.1 Å². The molecule has 3 aromatic rings. The van der Waals surface area contributed by atoms with Gasteiger partial charge in [0.05, 0.1) is 21.5 Å². The Labute approximate surface area is 164 Å². The van der Waals surface area contributed by atoms with Crippen LogP contribution in [0.1, 0.15) is 21.6 Å². The molecule has 142 valence electrons. The van der Waals surface area contributed by atoms with Crippen LogP contribution >= 0.6 is 0 Å². The lowest BCUT2D eigenvalue weighted by Crippen LogP contribution is -2.12. The van der Waals surface area contributed by atoms with Crippen LogP contribution in [-0.4, -0.2) is 20.7 Å². The smallest absolute Gasteiger partial charge is 0.277 e. The molecule has 0 saturated carbocycles. The largest absolute Gasteiger partial charge is 0.322 e. The van der Waals surface area contributed by atoms with Crippen molar-refractivity contribution in [3.63, 3.8) is 0 Å². The maximum Gasteiger partial charge on any atom is 0.277 e. The minimum atomic E-state index is -0.794. The van der Waals surface area contributed by atoms with E-state index in [1.165, 1.54) is 0 Å². The van der Waals surface area contributed by atoms with Gasteiger partial charge in [-0.25, -0.2) is 4.98 Å². The Balaban J connectivity index is 1.84. The van der Waals surface area contributed by atoms with Crippen molar-refractivity contribution in [2.75, 3.05) is 5.32 Å². The van der Waals surface area contributed by atoms with Crippen LogP contribution in [0.5, 0.6) is 0 Å². The van der Waals surface area contributed by atoms with E-state index in [1.54, 1.807) is 42.6 Å². The molecule has 0 spiro atoms. The van der Waals surface area contributed by atoms with Crippen molar-refractivity contribution in [2.24, 2.45) is 0 Å². The lowest BCUT2D eigenvalue weighted by Gasteiger charge is -2.06. The molecule has 0 radical (unpaired) electrons. The van der Waals surface area contributed by atoms with Crippen LogP contribution < -0.4 is 5.32 Å². The number of pyridine rings is 1. The number of non-ortho nitro benzene ring substituents is 2. The van der Waals surface area contributed by atoms with E-state index in [9.17, 15) is 25.0 Å². The van der Waals surface area contributed by atoms with E-state index >= 15 is 0 Å². The highest BCUT2D eigenvalue weighted by Gasteiger charge is 2.20. The number of hydrogen-bond donors (Lipinski definition) is 1. The average Bonchev–Trinajstić information content (AvgIpc) is 2.73. The quantitative estimate of drug-likeness (QED) is 0.413. The van der Waals surface area contributed by atoms with E-state index in [-0.39, 0.29) is 5.56 Å². The summed E-state index contributed by atoms with van der Waals surface area (Å²) in [5, 5.41) is 24.5. The minimum Gasteiger partial charge on any atom is -0.322 e. The number of nitro groups is 2. The molecule has 0 aliphatic carbocycles. The second-order valence-corrected chi connectivity index (χ2v) is 5.75. The van der Waals surface area contributed by atoms with Gasteiger partial charge in [-0.1, -0.05) is 18.1 Å². The number of rotatable bonds is 4. The third kappa shape index (κ3) is 4.99. The Bertz CT molecular complexity index is 1130. The van der Waals surface area contributed by atoms with Crippen molar-refractivity contribution in [3.05, 3.63) is 104 Å². The summed E-state index contributed by atoms with van der Waals surface area (Å²) in [6.07, 6.45) is 1.62. The van der Waals surface area contributed by atoms with Gasteiger partial charge in [-0.05, 0) is 36.3 Å². The van der Waals surface area contributed by atoms with Crippen molar-refractivity contribution in [3.8, 4) is 11.8 Å². The van der Waals surface area contributed by atoms with Crippen molar-refractivity contribution in [1.82, 2.24) is 4.98 Å². The first-order chi connectivity index (χ1) is 13.9. The van der Waals surface area contributed by atoms with Gasteiger partial charge in [-0.2, -0.15) is 0 Å². The number of nitro benzene ring substituents is 2. The van der Waals surface area contributed by atoms with Gasteiger partial charge in [-0.3, -0.25) is 25.0 Å². The van der Waals surface area contributed by atoms with Gasteiger partial charge in [-0.15, -0.1) is 0 Å².